The zero-order valence-corrected chi connectivity index (χ0v) is 9.54. The Labute approximate surface area is 91.5 Å². The fourth-order valence-electron chi connectivity index (χ4n) is 2.80. The molecule has 1 heterocycles. The average Bonchev–Trinajstić information content (AvgIpc) is 2.87. The monoisotopic (exact) mass is 211 g/mol. The van der Waals surface area contributed by atoms with Crippen molar-refractivity contribution >= 4 is 5.91 Å². The van der Waals surface area contributed by atoms with E-state index in [2.05, 4.69) is 6.92 Å². The lowest BCUT2D eigenvalue weighted by Gasteiger charge is -2.27. The van der Waals surface area contributed by atoms with Gasteiger partial charge in [0.1, 0.15) is 0 Å². The van der Waals surface area contributed by atoms with Crippen molar-refractivity contribution < 1.29 is 9.90 Å². The van der Waals surface area contributed by atoms with Crippen molar-refractivity contribution in [3.63, 3.8) is 0 Å². The quantitative estimate of drug-likeness (QED) is 0.766. The molecule has 1 saturated carbocycles. The van der Waals surface area contributed by atoms with Crippen LogP contribution in [0.1, 0.15) is 45.4 Å². The number of aliphatic hydroxyl groups is 1. The van der Waals surface area contributed by atoms with Gasteiger partial charge in [-0.05, 0) is 32.1 Å². The lowest BCUT2D eigenvalue weighted by molar-refractivity contribution is -0.138. The van der Waals surface area contributed by atoms with Gasteiger partial charge in [0.2, 0.25) is 5.91 Å². The van der Waals surface area contributed by atoms with E-state index in [1.54, 1.807) is 0 Å². The summed E-state index contributed by atoms with van der Waals surface area (Å²) in [5, 5.41) is 9.21. The molecule has 2 aliphatic rings. The molecule has 2 fully saturated rings. The standard InChI is InChI=1S/C12H21NO2/c1-2-5-12(6-7-12)11(15)13-8-3-4-10(13)9-14/h10,14H,2-9H2,1H3. The highest BCUT2D eigenvalue weighted by molar-refractivity contribution is 5.85. The molecule has 1 unspecified atom stereocenters. The first-order valence-corrected chi connectivity index (χ1v) is 6.15. The Kier molecular flexibility index (Phi) is 3.01. The molecule has 0 aromatic heterocycles. The summed E-state index contributed by atoms with van der Waals surface area (Å²) in [6, 6.07) is 0.104. The molecule has 0 aromatic carbocycles. The Balaban J connectivity index is 2.01. The third-order valence-electron chi connectivity index (χ3n) is 3.88. The van der Waals surface area contributed by atoms with E-state index in [1.807, 2.05) is 4.90 Å². The van der Waals surface area contributed by atoms with Crippen LogP contribution in [0.15, 0.2) is 0 Å². The van der Waals surface area contributed by atoms with E-state index >= 15 is 0 Å². The summed E-state index contributed by atoms with van der Waals surface area (Å²) >= 11 is 0. The number of rotatable bonds is 4. The minimum absolute atomic E-state index is 0.0213. The molecule has 0 radical (unpaired) electrons. The summed E-state index contributed by atoms with van der Waals surface area (Å²) < 4.78 is 0. The fourth-order valence-corrected chi connectivity index (χ4v) is 2.80. The molecular formula is C12H21NO2. The van der Waals surface area contributed by atoms with Crippen molar-refractivity contribution in [2.45, 2.75) is 51.5 Å². The van der Waals surface area contributed by atoms with Crippen molar-refractivity contribution in [1.29, 1.82) is 0 Å². The van der Waals surface area contributed by atoms with Crippen LogP contribution in [0, 0.1) is 5.41 Å². The van der Waals surface area contributed by atoms with Crippen LogP contribution in [0.3, 0.4) is 0 Å². The zero-order chi connectivity index (χ0) is 10.9. The number of hydrogen-bond acceptors (Lipinski definition) is 2. The van der Waals surface area contributed by atoms with Crippen LogP contribution in [0.4, 0.5) is 0 Å². The summed E-state index contributed by atoms with van der Waals surface area (Å²) in [6.45, 7) is 3.13. The van der Waals surface area contributed by atoms with Crippen molar-refractivity contribution in [3.8, 4) is 0 Å². The van der Waals surface area contributed by atoms with E-state index in [0.29, 0.717) is 5.91 Å². The molecule has 1 N–H and O–H groups in total. The summed E-state index contributed by atoms with van der Waals surface area (Å²) in [5.74, 6) is 0.320. The highest BCUT2D eigenvalue weighted by Crippen LogP contribution is 2.51. The number of likely N-dealkylation sites (tertiary alicyclic amines) is 1. The lowest BCUT2D eigenvalue weighted by Crippen LogP contribution is -2.42. The van der Waals surface area contributed by atoms with Crippen LogP contribution in [0.25, 0.3) is 0 Å². The summed E-state index contributed by atoms with van der Waals surface area (Å²) in [5.41, 5.74) is -0.0213. The topological polar surface area (TPSA) is 40.5 Å². The number of hydrogen-bond donors (Lipinski definition) is 1. The maximum Gasteiger partial charge on any atom is 0.229 e. The highest BCUT2D eigenvalue weighted by Gasteiger charge is 2.51. The van der Waals surface area contributed by atoms with Gasteiger partial charge in [0.15, 0.2) is 0 Å². The Morgan fingerprint density at radius 2 is 2.27 bits per heavy atom. The molecule has 1 aliphatic carbocycles. The molecule has 3 heteroatoms. The van der Waals surface area contributed by atoms with E-state index in [0.717, 1.165) is 45.1 Å². The number of aliphatic hydroxyl groups excluding tert-OH is 1. The molecule has 1 saturated heterocycles. The Hall–Kier alpha value is -0.570. The largest absolute Gasteiger partial charge is 0.394 e. The molecule has 2 rings (SSSR count). The number of nitrogens with zero attached hydrogens (tertiary/aromatic N) is 1. The zero-order valence-electron chi connectivity index (χ0n) is 9.54. The van der Waals surface area contributed by atoms with Gasteiger partial charge in [-0.3, -0.25) is 4.79 Å². The molecule has 86 valence electrons. The van der Waals surface area contributed by atoms with Gasteiger partial charge in [0, 0.05) is 12.0 Å². The van der Waals surface area contributed by atoms with E-state index in [9.17, 15) is 9.90 Å². The van der Waals surface area contributed by atoms with Gasteiger partial charge < -0.3 is 10.0 Å². The second-order valence-corrected chi connectivity index (χ2v) is 5.01. The van der Waals surface area contributed by atoms with Crippen molar-refractivity contribution in [1.82, 2.24) is 4.90 Å². The van der Waals surface area contributed by atoms with Gasteiger partial charge in [0.25, 0.3) is 0 Å². The number of amides is 1. The smallest absolute Gasteiger partial charge is 0.229 e. The van der Waals surface area contributed by atoms with Gasteiger partial charge in [-0.2, -0.15) is 0 Å². The third-order valence-corrected chi connectivity index (χ3v) is 3.88. The average molecular weight is 211 g/mol. The van der Waals surface area contributed by atoms with E-state index in [-0.39, 0.29) is 18.1 Å². The molecule has 15 heavy (non-hydrogen) atoms. The fraction of sp³-hybridized carbons (Fsp3) is 0.917. The van der Waals surface area contributed by atoms with Gasteiger partial charge in [-0.15, -0.1) is 0 Å². The molecule has 0 bridgehead atoms. The van der Waals surface area contributed by atoms with E-state index in [4.69, 9.17) is 0 Å². The molecule has 1 atom stereocenters. The Morgan fingerprint density at radius 3 is 2.80 bits per heavy atom. The van der Waals surface area contributed by atoms with Crippen molar-refractivity contribution in [2.24, 2.45) is 5.41 Å². The maximum absolute atomic E-state index is 12.3. The predicted molar refractivity (Wildman–Crippen MR) is 58.4 cm³/mol. The lowest BCUT2D eigenvalue weighted by atomic mass is 9.98. The predicted octanol–water partition coefficient (Wildman–Crippen LogP) is 1.55. The van der Waals surface area contributed by atoms with Crippen LogP contribution in [0.2, 0.25) is 0 Å². The first-order chi connectivity index (χ1) is 7.23. The van der Waals surface area contributed by atoms with Gasteiger partial charge in [-0.1, -0.05) is 13.3 Å². The number of carbonyl (C=O) groups is 1. The summed E-state index contributed by atoms with van der Waals surface area (Å²) in [6.07, 6.45) is 6.27. The molecule has 3 nitrogen and oxygen atoms in total. The summed E-state index contributed by atoms with van der Waals surface area (Å²) in [4.78, 5) is 14.2. The Bertz CT molecular complexity index is 248. The van der Waals surface area contributed by atoms with Gasteiger partial charge in [-0.25, -0.2) is 0 Å². The van der Waals surface area contributed by atoms with Crippen LogP contribution in [-0.2, 0) is 4.79 Å². The van der Waals surface area contributed by atoms with Gasteiger partial charge in [0.05, 0.1) is 12.6 Å². The van der Waals surface area contributed by atoms with Crippen molar-refractivity contribution in [3.05, 3.63) is 0 Å². The first-order valence-electron chi connectivity index (χ1n) is 6.15. The van der Waals surface area contributed by atoms with Gasteiger partial charge >= 0.3 is 0 Å². The molecular weight excluding hydrogens is 190 g/mol. The Morgan fingerprint density at radius 1 is 1.53 bits per heavy atom. The van der Waals surface area contributed by atoms with E-state index in [1.165, 1.54) is 0 Å². The van der Waals surface area contributed by atoms with Crippen molar-refractivity contribution in [2.75, 3.05) is 13.2 Å². The van der Waals surface area contributed by atoms with Crippen LogP contribution in [0.5, 0.6) is 0 Å². The van der Waals surface area contributed by atoms with Crippen LogP contribution < -0.4 is 0 Å². The normalized spacial score (nSPS) is 28.1. The summed E-state index contributed by atoms with van der Waals surface area (Å²) in [7, 11) is 0. The number of carbonyl (C=O) groups excluding carboxylic acids is 1. The molecule has 1 amide bonds. The minimum atomic E-state index is -0.0213. The first kappa shape index (κ1) is 10.9. The van der Waals surface area contributed by atoms with Crippen LogP contribution >= 0.6 is 0 Å². The highest BCUT2D eigenvalue weighted by atomic mass is 16.3. The van der Waals surface area contributed by atoms with Crippen LogP contribution in [-0.4, -0.2) is 35.1 Å². The maximum atomic E-state index is 12.3. The van der Waals surface area contributed by atoms with E-state index < -0.39 is 0 Å². The molecule has 0 aromatic rings. The molecule has 1 aliphatic heterocycles. The SMILES string of the molecule is CCCC1(C(=O)N2CCCC2CO)CC1. The minimum Gasteiger partial charge on any atom is -0.394 e. The third kappa shape index (κ3) is 1.89. The molecule has 0 spiro atoms. The second kappa shape index (κ2) is 4.12. The second-order valence-electron chi connectivity index (χ2n) is 5.01.